The maximum atomic E-state index is 5.78. The average Bonchev–Trinajstić information content (AvgIpc) is 2.41. The van der Waals surface area contributed by atoms with Crippen molar-refractivity contribution in [2.45, 2.75) is 33.7 Å². The molecule has 0 bridgehead atoms. The molecule has 3 N–H and O–H groups in total. The van der Waals surface area contributed by atoms with E-state index in [0.29, 0.717) is 25.7 Å². The number of rotatable bonds is 7. The molecule has 0 heterocycles. The van der Waals surface area contributed by atoms with Gasteiger partial charge >= 0.3 is 0 Å². The Morgan fingerprint density at radius 3 is 2.45 bits per heavy atom. The normalized spacial score (nSPS) is 12.9. The van der Waals surface area contributed by atoms with Crippen LogP contribution in [0.25, 0.3) is 0 Å². The van der Waals surface area contributed by atoms with Crippen LogP contribution in [0.15, 0.2) is 23.2 Å². The molecule has 1 rings (SSSR count). The highest BCUT2D eigenvalue weighted by Crippen LogP contribution is 2.30. The first-order valence-corrected chi connectivity index (χ1v) is 7.08. The maximum absolute atomic E-state index is 5.78. The van der Waals surface area contributed by atoms with Gasteiger partial charge in [-0.15, -0.1) is 0 Å². The van der Waals surface area contributed by atoms with Crippen LogP contribution in [0.4, 0.5) is 0 Å². The van der Waals surface area contributed by atoms with Gasteiger partial charge in [-0.25, -0.2) is 0 Å². The van der Waals surface area contributed by atoms with Gasteiger partial charge in [-0.1, -0.05) is 6.07 Å². The number of nitrogens with two attached hydrogens (primary N) is 1. The second-order valence-corrected chi connectivity index (χ2v) is 4.30. The van der Waals surface area contributed by atoms with Gasteiger partial charge in [0.2, 0.25) is 0 Å². The minimum Gasteiger partial charge on any atom is -0.490 e. The van der Waals surface area contributed by atoms with Gasteiger partial charge in [0.25, 0.3) is 0 Å². The Labute approximate surface area is 121 Å². The van der Waals surface area contributed by atoms with E-state index in [1.54, 1.807) is 0 Å². The highest BCUT2D eigenvalue weighted by atomic mass is 16.5. The van der Waals surface area contributed by atoms with Gasteiger partial charge in [0.1, 0.15) is 0 Å². The molecule has 1 aromatic rings. The second-order valence-electron chi connectivity index (χ2n) is 4.30. The highest BCUT2D eigenvalue weighted by Gasteiger charge is 2.11. The van der Waals surface area contributed by atoms with Crippen molar-refractivity contribution in [2.75, 3.05) is 19.8 Å². The monoisotopic (exact) mass is 279 g/mol. The molecule has 0 aliphatic rings. The van der Waals surface area contributed by atoms with Crippen molar-refractivity contribution >= 4 is 5.96 Å². The fourth-order valence-corrected chi connectivity index (χ4v) is 1.86. The molecule has 0 aliphatic carbocycles. The standard InChI is InChI=1S/C15H25N3O2/c1-5-17-15(16)18-11(4)12-8-9-13(19-6-2)14(10-12)20-7-3/h8-11H,5-7H2,1-4H3,(H3,16,17,18). The fourth-order valence-electron chi connectivity index (χ4n) is 1.86. The summed E-state index contributed by atoms with van der Waals surface area (Å²) in [6, 6.07) is 5.96. The van der Waals surface area contributed by atoms with Crippen molar-refractivity contribution < 1.29 is 9.47 Å². The predicted molar refractivity (Wildman–Crippen MR) is 82.5 cm³/mol. The zero-order chi connectivity index (χ0) is 15.0. The van der Waals surface area contributed by atoms with Crippen LogP contribution >= 0.6 is 0 Å². The lowest BCUT2D eigenvalue weighted by Crippen LogP contribution is -2.33. The van der Waals surface area contributed by atoms with Gasteiger partial charge in [0, 0.05) is 6.54 Å². The number of ether oxygens (including phenoxy) is 2. The van der Waals surface area contributed by atoms with E-state index in [2.05, 4.69) is 10.3 Å². The largest absolute Gasteiger partial charge is 0.490 e. The molecule has 0 fully saturated rings. The zero-order valence-electron chi connectivity index (χ0n) is 12.8. The molecule has 0 aromatic heterocycles. The third kappa shape index (κ3) is 4.64. The van der Waals surface area contributed by atoms with E-state index in [-0.39, 0.29) is 6.04 Å². The molecule has 1 atom stereocenters. The Kier molecular flexibility index (Phi) is 6.70. The lowest BCUT2D eigenvalue weighted by atomic mass is 10.1. The van der Waals surface area contributed by atoms with E-state index >= 15 is 0 Å². The van der Waals surface area contributed by atoms with E-state index in [1.165, 1.54) is 0 Å². The van der Waals surface area contributed by atoms with E-state index in [0.717, 1.165) is 17.1 Å². The maximum Gasteiger partial charge on any atom is 0.189 e. The molecule has 1 aromatic carbocycles. The summed E-state index contributed by atoms with van der Waals surface area (Å²) >= 11 is 0. The van der Waals surface area contributed by atoms with E-state index in [1.807, 2.05) is 45.9 Å². The summed E-state index contributed by atoms with van der Waals surface area (Å²) in [7, 11) is 0. The molecular weight excluding hydrogens is 254 g/mol. The lowest BCUT2D eigenvalue weighted by Gasteiger charge is -2.17. The minimum atomic E-state index is 0.0557. The van der Waals surface area contributed by atoms with E-state index < -0.39 is 0 Å². The van der Waals surface area contributed by atoms with Gasteiger partial charge in [0.05, 0.1) is 19.3 Å². The molecule has 0 amide bonds. The quantitative estimate of drug-likeness (QED) is 0.594. The van der Waals surface area contributed by atoms with Crippen LogP contribution in [0.1, 0.15) is 39.3 Å². The van der Waals surface area contributed by atoms with Crippen LogP contribution in [0.3, 0.4) is 0 Å². The van der Waals surface area contributed by atoms with Crippen molar-refractivity contribution in [1.82, 2.24) is 5.32 Å². The highest BCUT2D eigenvalue weighted by molar-refractivity contribution is 5.78. The predicted octanol–water partition coefficient (Wildman–Crippen LogP) is 2.47. The number of aliphatic imine (C=N–C) groups is 1. The Morgan fingerprint density at radius 1 is 1.20 bits per heavy atom. The molecular formula is C15H25N3O2. The summed E-state index contributed by atoms with van der Waals surface area (Å²) < 4.78 is 11.2. The molecule has 0 aliphatic heterocycles. The number of nitrogens with one attached hydrogen (secondary N) is 1. The Bertz CT molecular complexity index is 447. The van der Waals surface area contributed by atoms with Crippen molar-refractivity contribution in [3.8, 4) is 11.5 Å². The SMILES string of the molecule is CCN=C(N)NC(C)c1ccc(OCC)c(OCC)c1. The second kappa shape index (κ2) is 8.30. The molecule has 0 radical (unpaired) electrons. The van der Waals surface area contributed by atoms with Crippen LogP contribution in [0.5, 0.6) is 11.5 Å². The molecule has 0 saturated carbocycles. The fraction of sp³-hybridized carbons (Fsp3) is 0.533. The zero-order valence-corrected chi connectivity index (χ0v) is 12.8. The van der Waals surface area contributed by atoms with Crippen LogP contribution in [0.2, 0.25) is 0 Å². The van der Waals surface area contributed by atoms with Crippen molar-refractivity contribution in [2.24, 2.45) is 10.7 Å². The van der Waals surface area contributed by atoms with Gasteiger partial charge in [0.15, 0.2) is 17.5 Å². The van der Waals surface area contributed by atoms with Crippen molar-refractivity contribution in [1.29, 1.82) is 0 Å². The van der Waals surface area contributed by atoms with Gasteiger partial charge in [-0.05, 0) is 45.4 Å². The average molecular weight is 279 g/mol. The molecule has 1 unspecified atom stereocenters. The van der Waals surface area contributed by atoms with Crippen molar-refractivity contribution in [3.05, 3.63) is 23.8 Å². The number of nitrogens with zero attached hydrogens (tertiary/aromatic N) is 1. The minimum absolute atomic E-state index is 0.0557. The number of hydrogen-bond donors (Lipinski definition) is 2. The summed E-state index contributed by atoms with van der Waals surface area (Å²) in [6.07, 6.45) is 0. The van der Waals surface area contributed by atoms with Crippen molar-refractivity contribution in [3.63, 3.8) is 0 Å². The lowest BCUT2D eigenvalue weighted by molar-refractivity contribution is 0.287. The first-order chi connectivity index (χ1) is 9.62. The molecule has 5 nitrogen and oxygen atoms in total. The summed E-state index contributed by atoms with van der Waals surface area (Å²) in [5.74, 6) is 1.97. The topological polar surface area (TPSA) is 68.9 Å². The Hall–Kier alpha value is -1.91. The van der Waals surface area contributed by atoms with Gasteiger partial charge < -0.3 is 20.5 Å². The summed E-state index contributed by atoms with van der Waals surface area (Å²) in [6.45, 7) is 9.77. The molecule has 112 valence electrons. The number of benzene rings is 1. The first-order valence-electron chi connectivity index (χ1n) is 7.08. The molecule has 5 heteroatoms. The van der Waals surface area contributed by atoms with Crippen LogP contribution in [-0.4, -0.2) is 25.7 Å². The van der Waals surface area contributed by atoms with Crippen LogP contribution in [0, 0.1) is 0 Å². The van der Waals surface area contributed by atoms with E-state index in [4.69, 9.17) is 15.2 Å². The van der Waals surface area contributed by atoms with Gasteiger partial charge in [-0.3, -0.25) is 4.99 Å². The smallest absolute Gasteiger partial charge is 0.189 e. The van der Waals surface area contributed by atoms with Crippen LogP contribution in [-0.2, 0) is 0 Å². The van der Waals surface area contributed by atoms with Crippen LogP contribution < -0.4 is 20.5 Å². The third-order valence-electron chi connectivity index (χ3n) is 2.76. The molecule has 0 saturated heterocycles. The Morgan fingerprint density at radius 2 is 1.85 bits per heavy atom. The molecule has 0 spiro atoms. The number of guanidine groups is 1. The summed E-state index contributed by atoms with van der Waals surface area (Å²) in [5, 5.41) is 3.15. The number of hydrogen-bond acceptors (Lipinski definition) is 3. The third-order valence-corrected chi connectivity index (χ3v) is 2.76. The summed E-state index contributed by atoms with van der Waals surface area (Å²) in [4.78, 5) is 4.12. The van der Waals surface area contributed by atoms with Gasteiger partial charge in [-0.2, -0.15) is 0 Å². The molecule has 20 heavy (non-hydrogen) atoms. The first kappa shape index (κ1) is 16.1. The van der Waals surface area contributed by atoms with E-state index in [9.17, 15) is 0 Å². The Balaban J connectivity index is 2.89. The summed E-state index contributed by atoms with van der Waals surface area (Å²) in [5.41, 5.74) is 6.85.